The van der Waals surface area contributed by atoms with Crippen LogP contribution in [0, 0.1) is 0 Å². The maximum atomic E-state index is 5.03. The van der Waals surface area contributed by atoms with Gasteiger partial charge >= 0.3 is 0 Å². The van der Waals surface area contributed by atoms with E-state index in [2.05, 4.69) is 34.6 Å². The van der Waals surface area contributed by atoms with E-state index in [0.717, 1.165) is 44.9 Å². The molecular weight excluding hydrogens is 234 g/mol. The number of methoxy groups -OCH3 is 1. The third-order valence-corrected chi connectivity index (χ3v) is 3.60. The number of rotatable bonds is 9. The standard InChI is InChI=1S/C12H23N3OS/c1-4-12-14-11(10-17-12)9-13-5-6-15(2)7-8-16-3/h10,13H,4-9H2,1-3H3. The predicted molar refractivity (Wildman–Crippen MR) is 72.6 cm³/mol. The van der Waals surface area contributed by atoms with Crippen LogP contribution in [0.5, 0.6) is 0 Å². The molecule has 98 valence electrons. The van der Waals surface area contributed by atoms with Gasteiger partial charge in [0.05, 0.1) is 17.3 Å². The molecule has 1 aromatic rings. The van der Waals surface area contributed by atoms with Crippen LogP contribution >= 0.6 is 11.3 Å². The zero-order chi connectivity index (χ0) is 12.5. The van der Waals surface area contributed by atoms with Gasteiger partial charge in [-0.05, 0) is 13.5 Å². The molecule has 0 aliphatic carbocycles. The summed E-state index contributed by atoms with van der Waals surface area (Å²) in [6.07, 6.45) is 1.03. The van der Waals surface area contributed by atoms with Gasteiger partial charge < -0.3 is 15.0 Å². The molecular formula is C12H23N3OS. The van der Waals surface area contributed by atoms with Crippen LogP contribution in [-0.4, -0.2) is 50.3 Å². The molecule has 1 heterocycles. The Morgan fingerprint density at radius 3 is 2.94 bits per heavy atom. The van der Waals surface area contributed by atoms with E-state index in [-0.39, 0.29) is 0 Å². The Hall–Kier alpha value is -0.490. The van der Waals surface area contributed by atoms with Crippen molar-refractivity contribution < 1.29 is 4.74 Å². The van der Waals surface area contributed by atoms with Crippen molar-refractivity contribution in [3.05, 3.63) is 16.1 Å². The van der Waals surface area contributed by atoms with Gasteiger partial charge in [0, 0.05) is 38.7 Å². The second kappa shape index (κ2) is 8.58. The highest BCUT2D eigenvalue weighted by molar-refractivity contribution is 7.09. The van der Waals surface area contributed by atoms with E-state index >= 15 is 0 Å². The lowest BCUT2D eigenvalue weighted by Gasteiger charge is -2.15. The minimum absolute atomic E-state index is 0.794. The van der Waals surface area contributed by atoms with E-state index in [1.54, 1.807) is 18.4 Å². The molecule has 0 unspecified atom stereocenters. The topological polar surface area (TPSA) is 37.4 Å². The van der Waals surface area contributed by atoms with Gasteiger partial charge in [-0.15, -0.1) is 11.3 Å². The average molecular weight is 257 g/mol. The Balaban J connectivity index is 2.07. The van der Waals surface area contributed by atoms with Crippen LogP contribution in [0.1, 0.15) is 17.6 Å². The van der Waals surface area contributed by atoms with E-state index < -0.39 is 0 Å². The van der Waals surface area contributed by atoms with E-state index in [0.29, 0.717) is 0 Å². The number of hydrogen-bond acceptors (Lipinski definition) is 5. The van der Waals surface area contributed by atoms with Crippen molar-refractivity contribution >= 4 is 11.3 Å². The summed E-state index contributed by atoms with van der Waals surface area (Å²) < 4.78 is 5.03. The quantitative estimate of drug-likeness (QED) is 0.678. The fourth-order valence-electron chi connectivity index (χ4n) is 1.44. The molecule has 0 atom stereocenters. The van der Waals surface area contributed by atoms with Gasteiger partial charge in [0.15, 0.2) is 0 Å². The lowest BCUT2D eigenvalue weighted by Crippen LogP contribution is -2.31. The Bertz CT molecular complexity index is 304. The Morgan fingerprint density at radius 1 is 1.47 bits per heavy atom. The zero-order valence-electron chi connectivity index (χ0n) is 11.0. The van der Waals surface area contributed by atoms with E-state index in [9.17, 15) is 0 Å². The van der Waals surface area contributed by atoms with Crippen LogP contribution in [0.2, 0.25) is 0 Å². The van der Waals surface area contributed by atoms with Crippen molar-refractivity contribution in [2.45, 2.75) is 19.9 Å². The summed E-state index contributed by atoms with van der Waals surface area (Å²) in [7, 11) is 3.85. The SMILES string of the molecule is CCc1nc(CNCCN(C)CCOC)cs1. The summed E-state index contributed by atoms with van der Waals surface area (Å²) in [4.78, 5) is 6.78. The molecule has 0 aromatic carbocycles. The Kier molecular flexibility index (Phi) is 7.35. The highest BCUT2D eigenvalue weighted by atomic mass is 32.1. The molecule has 0 aliphatic rings. The smallest absolute Gasteiger partial charge is 0.0926 e. The zero-order valence-corrected chi connectivity index (χ0v) is 11.8. The molecule has 17 heavy (non-hydrogen) atoms. The number of nitrogens with one attached hydrogen (secondary N) is 1. The van der Waals surface area contributed by atoms with E-state index in [1.165, 1.54) is 5.01 Å². The van der Waals surface area contributed by atoms with Crippen molar-refractivity contribution in [1.29, 1.82) is 0 Å². The summed E-state index contributed by atoms with van der Waals surface area (Å²) in [5.41, 5.74) is 1.16. The lowest BCUT2D eigenvalue weighted by atomic mass is 10.4. The number of ether oxygens (including phenoxy) is 1. The molecule has 1 N–H and O–H groups in total. The van der Waals surface area contributed by atoms with Gasteiger partial charge in [-0.25, -0.2) is 4.98 Å². The Morgan fingerprint density at radius 2 is 2.29 bits per heavy atom. The van der Waals surface area contributed by atoms with Gasteiger partial charge in [-0.2, -0.15) is 0 Å². The molecule has 1 aromatic heterocycles. The van der Waals surface area contributed by atoms with Crippen molar-refractivity contribution in [2.75, 3.05) is 40.4 Å². The fourth-order valence-corrected chi connectivity index (χ4v) is 2.18. The Labute approximate surface area is 108 Å². The largest absolute Gasteiger partial charge is 0.383 e. The molecule has 0 radical (unpaired) electrons. The molecule has 0 saturated heterocycles. The van der Waals surface area contributed by atoms with Crippen LogP contribution in [0.3, 0.4) is 0 Å². The first-order valence-electron chi connectivity index (χ1n) is 6.07. The number of nitrogens with zero attached hydrogens (tertiary/aromatic N) is 2. The summed E-state index contributed by atoms with van der Waals surface area (Å²) in [6.45, 7) is 6.81. The fraction of sp³-hybridized carbons (Fsp3) is 0.750. The molecule has 0 spiro atoms. The second-order valence-corrected chi connectivity index (χ2v) is 5.00. The molecule has 0 bridgehead atoms. The van der Waals surface area contributed by atoms with Crippen LogP contribution in [-0.2, 0) is 17.7 Å². The van der Waals surface area contributed by atoms with E-state index in [1.807, 2.05) is 0 Å². The highest BCUT2D eigenvalue weighted by Gasteiger charge is 2.00. The first-order valence-corrected chi connectivity index (χ1v) is 6.95. The second-order valence-electron chi connectivity index (χ2n) is 4.06. The maximum absolute atomic E-state index is 5.03. The first-order chi connectivity index (χ1) is 8.26. The average Bonchev–Trinajstić information content (AvgIpc) is 2.80. The van der Waals surface area contributed by atoms with Gasteiger partial charge in [0.2, 0.25) is 0 Å². The summed E-state index contributed by atoms with van der Waals surface area (Å²) in [6, 6.07) is 0. The number of thiazole rings is 1. The summed E-state index contributed by atoms with van der Waals surface area (Å²) in [5, 5.41) is 6.77. The van der Waals surface area contributed by atoms with Crippen LogP contribution in [0.4, 0.5) is 0 Å². The number of hydrogen-bond donors (Lipinski definition) is 1. The lowest BCUT2D eigenvalue weighted by molar-refractivity contribution is 0.161. The van der Waals surface area contributed by atoms with Crippen LogP contribution in [0.15, 0.2) is 5.38 Å². The molecule has 5 heteroatoms. The molecule has 0 fully saturated rings. The third kappa shape index (κ3) is 6.12. The van der Waals surface area contributed by atoms with Crippen molar-refractivity contribution in [1.82, 2.24) is 15.2 Å². The number of aryl methyl sites for hydroxylation is 1. The van der Waals surface area contributed by atoms with Gasteiger partial charge in [0.25, 0.3) is 0 Å². The van der Waals surface area contributed by atoms with Crippen molar-refractivity contribution in [2.24, 2.45) is 0 Å². The first kappa shape index (κ1) is 14.6. The number of aromatic nitrogens is 1. The van der Waals surface area contributed by atoms with Gasteiger partial charge in [-0.1, -0.05) is 6.92 Å². The van der Waals surface area contributed by atoms with Gasteiger partial charge in [-0.3, -0.25) is 0 Å². The van der Waals surface area contributed by atoms with Gasteiger partial charge in [0.1, 0.15) is 0 Å². The van der Waals surface area contributed by atoms with Crippen molar-refractivity contribution in [3.8, 4) is 0 Å². The summed E-state index contributed by atoms with van der Waals surface area (Å²) >= 11 is 1.75. The monoisotopic (exact) mass is 257 g/mol. The minimum atomic E-state index is 0.794. The maximum Gasteiger partial charge on any atom is 0.0926 e. The molecule has 0 saturated carbocycles. The molecule has 0 amide bonds. The normalized spacial score (nSPS) is 11.3. The third-order valence-electron chi connectivity index (χ3n) is 2.56. The summed E-state index contributed by atoms with van der Waals surface area (Å²) in [5.74, 6) is 0. The van der Waals surface area contributed by atoms with Crippen molar-refractivity contribution in [3.63, 3.8) is 0 Å². The molecule has 1 rings (SSSR count). The molecule has 0 aliphatic heterocycles. The molecule has 4 nitrogen and oxygen atoms in total. The predicted octanol–water partition coefficient (Wildman–Crippen LogP) is 1.37. The van der Waals surface area contributed by atoms with Crippen LogP contribution in [0.25, 0.3) is 0 Å². The van der Waals surface area contributed by atoms with E-state index in [4.69, 9.17) is 4.74 Å². The van der Waals surface area contributed by atoms with Crippen LogP contribution < -0.4 is 5.32 Å². The number of likely N-dealkylation sites (N-methyl/N-ethyl adjacent to an activating group) is 1. The highest BCUT2D eigenvalue weighted by Crippen LogP contribution is 2.09. The minimum Gasteiger partial charge on any atom is -0.383 e.